The van der Waals surface area contributed by atoms with Crippen molar-refractivity contribution in [2.75, 3.05) is 27.9 Å². The Hall–Kier alpha value is -4.73. The molecule has 0 heterocycles. The van der Waals surface area contributed by atoms with E-state index in [1.165, 1.54) is 50.9 Å². The summed E-state index contributed by atoms with van der Waals surface area (Å²) in [6.07, 6.45) is 16.2. The molecule has 0 spiro atoms. The number of hydrogen-bond donors (Lipinski definition) is 1. The summed E-state index contributed by atoms with van der Waals surface area (Å²) in [6, 6.07) is 30.6. The van der Waals surface area contributed by atoms with Crippen molar-refractivity contribution in [3.8, 4) is 0 Å². The molecular formula is C49H65O9PSi. The van der Waals surface area contributed by atoms with E-state index in [9.17, 15) is 14.4 Å². The zero-order valence-electron chi connectivity index (χ0n) is 36.6. The number of hydrogen-bond acceptors (Lipinski definition) is 9. The van der Waals surface area contributed by atoms with Gasteiger partial charge in [-0.2, -0.15) is 0 Å². The summed E-state index contributed by atoms with van der Waals surface area (Å²) in [5, 5.41) is 12.0. The first kappa shape index (κ1) is 49.6. The highest BCUT2D eigenvalue weighted by molar-refractivity contribution is 7.95. The van der Waals surface area contributed by atoms with Crippen LogP contribution in [-0.2, 0) is 37.8 Å². The number of methoxy groups -OCH3 is 3. The first-order valence-electron chi connectivity index (χ1n) is 20.6. The lowest BCUT2D eigenvalue weighted by Gasteiger charge is -2.28. The topological polar surface area (TPSA) is 118 Å². The predicted octanol–water partition coefficient (Wildman–Crippen LogP) is 9.64. The number of allylic oxidation sites excluding steroid dienone is 4. The van der Waals surface area contributed by atoms with Crippen LogP contribution in [0.4, 0.5) is 0 Å². The Morgan fingerprint density at radius 2 is 1.00 bits per heavy atom. The van der Waals surface area contributed by atoms with Gasteiger partial charge in [-0.25, -0.2) is 14.4 Å². The van der Waals surface area contributed by atoms with Crippen LogP contribution in [0.5, 0.6) is 0 Å². The van der Waals surface area contributed by atoms with Gasteiger partial charge in [0.05, 0.1) is 21.3 Å². The highest BCUT2D eigenvalue weighted by Gasteiger charge is 2.47. The van der Waals surface area contributed by atoms with Crippen molar-refractivity contribution < 1.29 is 42.9 Å². The van der Waals surface area contributed by atoms with Crippen LogP contribution in [0.3, 0.4) is 0 Å². The van der Waals surface area contributed by atoms with Crippen LogP contribution in [0.25, 0.3) is 0 Å². The van der Waals surface area contributed by atoms with E-state index in [1.54, 1.807) is 24.0 Å². The lowest BCUT2D eigenvalue weighted by molar-refractivity contribution is -0.135. The number of carbonyl (C=O) groups excluding carboxylic acids is 3. The Morgan fingerprint density at radius 3 is 1.25 bits per heavy atom. The van der Waals surface area contributed by atoms with Gasteiger partial charge in [0.1, 0.15) is 5.76 Å². The molecule has 0 radical (unpaired) electrons. The van der Waals surface area contributed by atoms with E-state index in [1.807, 2.05) is 61.5 Å². The SMILES string of the molecule is C=C(O)C=C1CCC1.CCOC1(O[Si](C)(C)C)CC1.COC(=O)C=C1CC1.COC(=O)C=C1CCC1.COC(=O)C=P(c1ccccc1)(c1ccccc1)c1ccccc1. The minimum Gasteiger partial charge on any atom is -0.509 e. The van der Waals surface area contributed by atoms with Crippen LogP contribution in [0.2, 0.25) is 19.6 Å². The van der Waals surface area contributed by atoms with Gasteiger partial charge in [0.2, 0.25) is 0 Å². The summed E-state index contributed by atoms with van der Waals surface area (Å²) in [5.41, 5.74) is 3.76. The van der Waals surface area contributed by atoms with Crippen molar-refractivity contribution in [3.63, 3.8) is 0 Å². The van der Waals surface area contributed by atoms with Crippen LogP contribution in [-0.4, -0.2) is 70.9 Å². The molecule has 4 aliphatic carbocycles. The van der Waals surface area contributed by atoms with Crippen molar-refractivity contribution in [1.29, 1.82) is 0 Å². The molecule has 9 nitrogen and oxygen atoms in total. The molecule has 11 heteroatoms. The molecule has 60 heavy (non-hydrogen) atoms. The van der Waals surface area contributed by atoms with Gasteiger partial charge in [0.15, 0.2) is 14.1 Å². The van der Waals surface area contributed by atoms with E-state index < -0.39 is 15.2 Å². The first-order valence-corrected chi connectivity index (χ1v) is 25.9. The number of ether oxygens (including phenoxy) is 4. The maximum Gasteiger partial charge on any atom is 0.331 e. The van der Waals surface area contributed by atoms with E-state index in [0.717, 1.165) is 73.9 Å². The van der Waals surface area contributed by atoms with Crippen molar-refractivity contribution >= 4 is 54.8 Å². The quantitative estimate of drug-likeness (QED) is 0.0383. The summed E-state index contributed by atoms with van der Waals surface area (Å²) in [6.45, 7) is 10.5. The highest BCUT2D eigenvalue weighted by atomic mass is 31.2. The number of benzene rings is 3. The molecule has 4 fully saturated rings. The molecule has 4 saturated carbocycles. The first-order chi connectivity index (χ1) is 28.7. The van der Waals surface area contributed by atoms with Crippen molar-refractivity contribution in [1.82, 2.24) is 0 Å². The van der Waals surface area contributed by atoms with Crippen LogP contribution in [0.1, 0.15) is 71.1 Å². The molecular weight excluding hydrogens is 792 g/mol. The van der Waals surface area contributed by atoms with Crippen LogP contribution >= 0.6 is 6.89 Å². The summed E-state index contributed by atoms with van der Waals surface area (Å²) in [7, 11) is 2.82. The Morgan fingerprint density at radius 1 is 0.633 bits per heavy atom. The molecule has 0 aliphatic heterocycles. The Labute approximate surface area is 359 Å². The molecule has 1 N–H and O–H groups in total. The number of rotatable bonds is 11. The highest BCUT2D eigenvalue weighted by Crippen LogP contribution is 2.44. The van der Waals surface area contributed by atoms with Gasteiger partial charge >= 0.3 is 17.9 Å². The van der Waals surface area contributed by atoms with Crippen LogP contribution in [0.15, 0.2) is 138 Å². The summed E-state index contributed by atoms with van der Waals surface area (Å²) < 4.78 is 25.3. The fraction of sp³-hybridized carbons (Fsp3) is 0.388. The minimum atomic E-state index is -2.23. The van der Waals surface area contributed by atoms with Crippen molar-refractivity contribution in [2.45, 2.75) is 96.6 Å². The molecule has 3 aromatic rings. The fourth-order valence-electron chi connectivity index (χ4n) is 6.02. The Bertz CT molecular complexity index is 1860. The van der Waals surface area contributed by atoms with Crippen molar-refractivity contribution in [3.05, 3.63) is 138 Å². The maximum absolute atomic E-state index is 12.3. The molecule has 0 atom stereocenters. The van der Waals surface area contributed by atoms with Gasteiger partial charge < -0.3 is 28.5 Å². The van der Waals surface area contributed by atoms with Gasteiger partial charge in [-0.05, 0) is 107 Å². The van der Waals surface area contributed by atoms with E-state index in [-0.39, 0.29) is 29.5 Å². The average Bonchev–Trinajstić information content (AvgIpc) is 4.17. The molecule has 0 bridgehead atoms. The van der Waals surface area contributed by atoms with Crippen molar-refractivity contribution in [2.24, 2.45) is 0 Å². The zero-order chi connectivity index (χ0) is 44.0. The monoisotopic (exact) mass is 856 g/mol. The van der Waals surface area contributed by atoms with E-state index >= 15 is 0 Å². The van der Waals surface area contributed by atoms with E-state index in [4.69, 9.17) is 19.0 Å². The largest absolute Gasteiger partial charge is 0.509 e. The average molecular weight is 857 g/mol. The normalized spacial score (nSPS) is 15.2. The van der Waals surface area contributed by atoms with Gasteiger partial charge in [-0.3, -0.25) is 0 Å². The van der Waals surface area contributed by atoms with E-state index in [2.05, 4.69) is 72.1 Å². The number of aliphatic hydroxyl groups excluding tert-OH is 1. The molecule has 324 valence electrons. The van der Waals surface area contributed by atoms with Crippen LogP contribution < -0.4 is 15.9 Å². The molecule has 7 rings (SSSR count). The molecule has 0 saturated heterocycles. The molecule has 0 aromatic heterocycles. The number of carbonyl (C=O) groups is 3. The predicted molar refractivity (Wildman–Crippen MR) is 248 cm³/mol. The summed E-state index contributed by atoms with van der Waals surface area (Å²) >= 11 is 0. The molecule has 3 aromatic carbocycles. The van der Waals surface area contributed by atoms with E-state index in [0.29, 0.717) is 0 Å². The maximum atomic E-state index is 12.3. The Kier molecular flexibility index (Phi) is 20.8. The third-order valence-corrected chi connectivity index (χ3v) is 14.4. The number of esters is 3. The van der Waals surface area contributed by atoms with Gasteiger partial charge in [0, 0.05) is 37.4 Å². The Balaban J connectivity index is 0.000000222. The third kappa shape index (κ3) is 17.9. The smallest absolute Gasteiger partial charge is 0.331 e. The van der Waals surface area contributed by atoms with Gasteiger partial charge in [0.25, 0.3) is 0 Å². The molecule has 0 unspecified atom stereocenters. The van der Waals surface area contributed by atoms with Crippen LogP contribution in [0, 0.1) is 0 Å². The third-order valence-electron chi connectivity index (χ3n) is 9.50. The lowest BCUT2D eigenvalue weighted by Crippen LogP contribution is -2.34. The minimum absolute atomic E-state index is 0.154. The summed E-state index contributed by atoms with van der Waals surface area (Å²) in [4.78, 5) is 33.2. The lowest BCUT2D eigenvalue weighted by atomic mass is 9.92. The second-order valence-electron chi connectivity index (χ2n) is 15.6. The van der Waals surface area contributed by atoms with Gasteiger partial charge in [-0.15, -0.1) is 0 Å². The second-order valence-corrected chi connectivity index (χ2v) is 23.3. The second kappa shape index (κ2) is 25.1. The van der Waals surface area contributed by atoms with Gasteiger partial charge in [-0.1, -0.05) is 114 Å². The zero-order valence-corrected chi connectivity index (χ0v) is 38.5. The number of aliphatic hydroxyl groups is 1. The molecule has 0 amide bonds. The summed E-state index contributed by atoms with van der Waals surface area (Å²) in [5.74, 6) is 1.06. The molecule has 4 aliphatic rings. The fourth-order valence-corrected chi connectivity index (χ4v) is 11.1. The standard InChI is InChI=1S/C21H19O2P.C8H18O2Si.C7H10O2.C7H10O.C6H8O2/c1-23-21(22)17-24(18-11-5-2-6-12-18,19-13-7-3-8-14-19)20-15-9-4-10-16-20;1-5-9-8(6-7-8)10-11(2,3)4;1-9-7(8)5-6-3-2-4-6;1-6(8)5-7-3-2-4-7;1-8-6(7)4-5-2-3-5/h2-17H,1H3;5-7H2,1-4H3;5H,2-4H2,1H3;5,8H,1-4H2;4H,2-3H2,1H3.